The first kappa shape index (κ1) is 14.4. The first-order chi connectivity index (χ1) is 9.01. The van der Waals surface area contributed by atoms with Crippen molar-refractivity contribution in [2.24, 2.45) is 0 Å². The minimum Gasteiger partial charge on any atom is -0.342 e. The maximum atomic E-state index is 12.2. The lowest BCUT2D eigenvalue weighted by Gasteiger charge is -2.09. The average Bonchev–Trinajstić information content (AvgIpc) is 2.75. The lowest BCUT2D eigenvalue weighted by Crippen LogP contribution is -2.16. The van der Waals surface area contributed by atoms with Crippen LogP contribution in [0.5, 0.6) is 0 Å². The summed E-state index contributed by atoms with van der Waals surface area (Å²) in [7, 11) is 0. The summed E-state index contributed by atoms with van der Waals surface area (Å²) < 4.78 is 2.62. The van der Waals surface area contributed by atoms with Gasteiger partial charge in [0.25, 0.3) is 5.91 Å². The van der Waals surface area contributed by atoms with Crippen molar-refractivity contribution in [1.82, 2.24) is 4.57 Å². The van der Waals surface area contributed by atoms with Gasteiger partial charge in [0.2, 0.25) is 0 Å². The van der Waals surface area contributed by atoms with Crippen molar-refractivity contribution in [3.63, 3.8) is 0 Å². The average molecular weight is 362 g/mol. The Morgan fingerprint density at radius 3 is 2.79 bits per heavy atom. The van der Waals surface area contributed by atoms with Crippen LogP contribution in [-0.2, 0) is 6.54 Å². The fourth-order valence-electron chi connectivity index (χ4n) is 1.71. The van der Waals surface area contributed by atoms with Gasteiger partial charge in [-0.15, -0.1) is 0 Å². The van der Waals surface area contributed by atoms with Gasteiger partial charge in [0, 0.05) is 17.2 Å². The first-order valence-corrected chi connectivity index (χ1v) is 7.18. The van der Waals surface area contributed by atoms with Crippen LogP contribution in [0.1, 0.15) is 17.4 Å². The highest BCUT2D eigenvalue weighted by atomic mass is 79.9. The maximum absolute atomic E-state index is 12.2. The van der Waals surface area contributed by atoms with E-state index in [-0.39, 0.29) is 5.91 Å². The molecule has 0 unspecified atom stereocenters. The molecule has 0 aliphatic heterocycles. The molecule has 1 amide bonds. The van der Waals surface area contributed by atoms with Gasteiger partial charge >= 0.3 is 0 Å². The highest BCUT2D eigenvalue weighted by Crippen LogP contribution is 2.26. The third kappa shape index (κ3) is 3.32. The molecule has 0 aliphatic carbocycles. The number of carbonyl (C=O) groups excluding carboxylic acids is 1. The summed E-state index contributed by atoms with van der Waals surface area (Å²) in [5.41, 5.74) is 1.06. The minimum absolute atomic E-state index is 0.242. The fraction of sp³-hybridized carbons (Fsp3) is 0.154. The Morgan fingerprint density at radius 1 is 1.37 bits per heavy atom. The Balaban J connectivity index is 2.27. The number of aromatic nitrogens is 1. The second kappa shape index (κ2) is 5.99. The predicted molar refractivity (Wildman–Crippen MR) is 82.2 cm³/mol. The Morgan fingerprint density at radius 2 is 2.11 bits per heavy atom. The minimum atomic E-state index is -0.242. The summed E-state index contributed by atoms with van der Waals surface area (Å²) in [6.07, 6.45) is 1.72. The number of halogens is 3. The van der Waals surface area contributed by atoms with E-state index in [1.807, 2.05) is 13.0 Å². The molecule has 6 heteroatoms. The number of nitrogens with zero attached hydrogens (tertiary/aromatic N) is 1. The van der Waals surface area contributed by atoms with E-state index in [4.69, 9.17) is 23.2 Å². The molecule has 2 rings (SSSR count). The van der Waals surface area contributed by atoms with Gasteiger partial charge in [-0.2, -0.15) is 0 Å². The van der Waals surface area contributed by atoms with E-state index < -0.39 is 0 Å². The Bertz CT molecular complexity index is 625. The van der Waals surface area contributed by atoms with Crippen LogP contribution in [0.15, 0.2) is 34.9 Å². The monoisotopic (exact) mass is 360 g/mol. The van der Waals surface area contributed by atoms with Crippen molar-refractivity contribution < 1.29 is 4.79 Å². The Labute approximate surface area is 129 Å². The number of rotatable bonds is 3. The van der Waals surface area contributed by atoms with Crippen molar-refractivity contribution in [2.45, 2.75) is 13.5 Å². The molecule has 0 radical (unpaired) electrons. The van der Waals surface area contributed by atoms with Crippen LogP contribution in [0.3, 0.4) is 0 Å². The normalized spacial score (nSPS) is 10.5. The number of nitrogens with one attached hydrogen (secondary N) is 1. The lowest BCUT2D eigenvalue weighted by molar-refractivity contribution is 0.101. The second-order valence-corrected chi connectivity index (χ2v) is 5.67. The van der Waals surface area contributed by atoms with Gasteiger partial charge in [-0.1, -0.05) is 39.1 Å². The van der Waals surface area contributed by atoms with Crippen molar-refractivity contribution in [3.05, 3.63) is 50.7 Å². The molecule has 100 valence electrons. The van der Waals surface area contributed by atoms with Gasteiger partial charge in [0.1, 0.15) is 5.69 Å². The summed E-state index contributed by atoms with van der Waals surface area (Å²) in [6, 6.07) is 6.91. The van der Waals surface area contributed by atoms with Gasteiger partial charge in [0.15, 0.2) is 0 Å². The van der Waals surface area contributed by atoms with Crippen LogP contribution in [0.4, 0.5) is 5.69 Å². The molecule has 0 atom stereocenters. The van der Waals surface area contributed by atoms with Gasteiger partial charge in [-0.05, 0) is 31.2 Å². The van der Waals surface area contributed by atoms with Crippen LogP contribution in [-0.4, -0.2) is 10.5 Å². The number of amides is 1. The molecule has 0 saturated carbocycles. The molecule has 19 heavy (non-hydrogen) atoms. The zero-order valence-corrected chi connectivity index (χ0v) is 13.2. The van der Waals surface area contributed by atoms with E-state index in [2.05, 4.69) is 21.2 Å². The molecule has 1 N–H and O–H groups in total. The molecule has 3 nitrogen and oxygen atoms in total. The molecule has 0 aliphatic rings. The van der Waals surface area contributed by atoms with Crippen molar-refractivity contribution >= 4 is 50.7 Å². The smallest absolute Gasteiger partial charge is 0.272 e. The quantitative estimate of drug-likeness (QED) is 0.834. The third-order valence-corrected chi connectivity index (χ3v) is 3.64. The van der Waals surface area contributed by atoms with Gasteiger partial charge < -0.3 is 9.88 Å². The largest absolute Gasteiger partial charge is 0.342 e. The lowest BCUT2D eigenvalue weighted by atomic mass is 10.3. The van der Waals surface area contributed by atoms with Crippen molar-refractivity contribution in [3.8, 4) is 0 Å². The Hall–Kier alpha value is -0.970. The molecule has 1 aromatic carbocycles. The van der Waals surface area contributed by atoms with E-state index in [0.29, 0.717) is 28.0 Å². The summed E-state index contributed by atoms with van der Waals surface area (Å²) in [5, 5.41) is 3.79. The SMILES string of the molecule is CCn1cc(Cl)cc1C(=O)Nc1cc(Br)ccc1Cl. The zero-order chi connectivity index (χ0) is 14.0. The second-order valence-electron chi connectivity index (χ2n) is 3.91. The summed E-state index contributed by atoms with van der Waals surface area (Å²) >= 11 is 15.3. The van der Waals surface area contributed by atoms with E-state index in [0.717, 1.165) is 4.47 Å². The zero-order valence-electron chi connectivity index (χ0n) is 10.1. The van der Waals surface area contributed by atoms with E-state index in [1.165, 1.54) is 0 Å². The van der Waals surface area contributed by atoms with Crippen LogP contribution in [0.25, 0.3) is 0 Å². The van der Waals surface area contributed by atoms with Gasteiger partial charge in [0.05, 0.1) is 15.7 Å². The molecular formula is C13H11BrCl2N2O. The van der Waals surface area contributed by atoms with Crippen molar-refractivity contribution in [1.29, 1.82) is 0 Å². The number of anilines is 1. The predicted octanol–water partition coefficient (Wildman–Crippen LogP) is 4.83. The first-order valence-electron chi connectivity index (χ1n) is 5.63. The molecule has 0 bridgehead atoms. The molecule has 0 saturated heterocycles. The van der Waals surface area contributed by atoms with Crippen molar-refractivity contribution in [2.75, 3.05) is 5.32 Å². The molecule has 0 fully saturated rings. The fourth-order valence-corrected chi connectivity index (χ4v) is 2.45. The summed E-state index contributed by atoms with van der Waals surface area (Å²) in [5.74, 6) is -0.242. The molecular weight excluding hydrogens is 351 g/mol. The number of carbonyl (C=O) groups is 1. The van der Waals surface area contributed by atoms with Gasteiger partial charge in [-0.3, -0.25) is 4.79 Å². The highest BCUT2D eigenvalue weighted by molar-refractivity contribution is 9.10. The van der Waals surface area contributed by atoms with E-state index >= 15 is 0 Å². The standard InChI is InChI=1S/C13H11BrCl2N2O/c1-2-18-7-9(15)6-12(18)13(19)17-11-5-8(14)3-4-10(11)16/h3-7H,2H2,1H3,(H,17,19). The molecule has 1 aromatic heterocycles. The molecule has 0 spiro atoms. The highest BCUT2D eigenvalue weighted by Gasteiger charge is 2.14. The molecule has 2 aromatic rings. The number of aryl methyl sites for hydroxylation is 1. The van der Waals surface area contributed by atoms with Crippen LogP contribution in [0, 0.1) is 0 Å². The number of hydrogen-bond acceptors (Lipinski definition) is 1. The van der Waals surface area contributed by atoms with E-state index in [1.54, 1.807) is 29.0 Å². The third-order valence-electron chi connectivity index (χ3n) is 2.61. The summed E-state index contributed by atoms with van der Waals surface area (Å²) in [4.78, 5) is 12.2. The van der Waals surface area contributed by atoms with Crippen LogP contribution < -0.4 is 5.32 Å². The van der Waals surface area contributed by atoms with Gasteiger partial charge in [-0.25, -0.2) is 0 Å². The number of benzene rings is 1. The number of hydrogen-bond donors (Lipinski definition) is 1. The summed E-state index contributed by atoms with van der Waals surface area (Å²) in [6.45, 7) is 2.61. The topological polar surface area (TPSA) is 34.0 Å². The Kier molecular flexibility index (Phi) is 4.55. The van der Waals surface area contributed by atoms with Crippen LogP contribution in [0.2, 0.25) is 10.0 Å². The molecule has 1 heterocycles. The van der Waals surface area contributed by atoms with E-state index in [9.17, 15) is 4.79 Å². The maximum Gasteiger partial charge on any atom is 0.272 e. The van der Waals surface area contributed by atoms with Crippen LogP contribution >= 0.6 is 39.1 Å².